The van der Waals surface area contributed by atoms with Gasteiger partial charge >= 0.3 is 5.97 Å². The normalized spacial score (nSPS) is 20.7. The van der Waals surface area contributed by atoms with E-state index in [1.165, 1.54) is 0 Å². The fraction of sp³-hybridized carbons (Fsp3) is 0.450. The molecule has 1 aliphatic rings. The standard InChI is InChI=1S/C20H25N3O2/c1-3-6-19-21-9-15(10-22-19)11-23-12-17(18(13-23)20(24)25)16-8-5-4-7-14(16)2/h4-5,7-10,17-18H,3,6,11-13H2,1-2H3,(H,24,25)/t17-,18+/m0/s1. The number of likely N-dealkylation sites (tertiary alicyclic amines) is 1. The SMILES string of the molecule is CCCc1ncc(CN2C[C@@H](C(=O)O)[C@H](c3ccccc3C)C2)cn1. The van der Waals surface area contributed by atoms with Gasteiger partial charge in [-0.2, -0.15) is 0 Å². The average molecular weight is 339 g/mol. The van der Waals surface area contributed by atoms with E-state index in [0.29, 0.717) is 13.1 Å². The van der Waals surface area contributed by atoms with Crippen LogP contribution in [-0.2, 0) is 17.8 Å². The molecule has 0 bridgehead atoms. The summed E-state index contributed by atoms with van der Waals surface area (Å²) in [4.78, 5) is 22.8. The van der Waals surface area contributed by atoms with Crippen molar-refractivity contribution in [2.45, 2.75) is 39.2 Å². The van der Waals surface area contributed by atoms with Gasteiger partial charge in [0.1, 0.15) is 5.82 Å². The monoisotopic (exact) mass is 339 g/mol. The first kappa shape index (κ1) is 17.5. The Kier molecular flexibility index (Phi) is 5.43. The van der Waals surface area contributed by atoms with Gasteiger partial charge in [-0.15, -0.1) is 0 Å². The molecule has 1 fully saturated rings. The predicted octanol–water partition coefficient (Wildman–Crippen LogP) is 3.04. The number of aromatic nitrogens is 2. The zero-order valence-corrected chi connectivity index (χ0v) is 14.9. The first-order valence-corrected chi connectivity index (χ1v) is 8.89. The van der Waals surface area contributed by atoms with Crippen molar-refractivity contribution in [3.63, 3.8) is 0 Å². The first-order valence-electron chi connectivity index (χ1n) is 8.89. The summed E-state index contributed by atoms with van der Waals surface area (Å²) in [6.07, 6.45) is 5.66. The number of nitrogens with zero attached hydrogens (tertiary/aromatic N) is 3. The summed E-state index contributed by atoms with van der Waals surface area (Å²) in [5.41, 5.74) is 3.34. The van der Waals surface area contributed by atoms with Crippen LogP contribution in [0.1, 0.15) is 41.8 Å². The van der Waals surface area contributed by atoms with Crippen LogP contribution < -0.4 is 0 Å². The highest BCUT2D eigenvalue weighted by Crippen LogP contribution is 2.35. The second-order valence-electron chi connectivity index (χ2n) is 6.86. The number of carbonyl (C=O) groups is 1. The van der Waals surface area contributed by atoms with Crippen molar-refractivity contribution in [2.24, 2.45) is 5.92 Å². The molecule has 2 aromatic rings. The van der Waals surface area contributed by atoms with Crippen LogP contribution in [0.2, 0.25) is 0 Å². The third kappa shape index (κ3) is 4.04. The van der Waals surface area contributed by atoms with E-state index in [1.54, 1.807) is 0 Å². The number of carboxylic acids is 1. The van der Waals surface area contributed by atoms with Crippen molar-refractivity contribution < 1.29 is 9.90 Å². The van der Waals surface area contributed by atoms with E-state index < -0.39 is 5.97 Å². The minimum atomic E-state index is -0.717. The molecule has 0 saturated carbocycles. The van der Waals surface area contributed by atoms with Crippen molar-refractivity contribution in [3.8, 4) is 0 Å². The average Bonchev–Trinajstić information content (AvgIpc) is 3.01. The van der Waals surface area contributed by atoms with Gasteiger partial charge in [-0.3, -0.25) is 9.69 Å². The largest absolute Gasteiger partial charge is 0.481 e. The molecule has 2 heterocycles. The fourth-order valence-corrected chi connectivity index (χ4v) is 3.66. The van der Waals surface area contributed by atoms with E-state index in [1.807, 2.05) is 24.5 Å². The van der Waals surface area contributed by atoms with E-state index >= 15 is 0 Å². The van der Waals surface area contributed by atoms with Gasteiger partial charge in [0.05, 0.1) is 5.92 Å². The molecule has 132 valence electrons. The lowest BCUT2D eigenvalue weighted by atomic mass is 9.86. The summed E-state index contributed by atoms with van der Waals surface area (Å²) in [5, 5.41) is 9.66. The Balaban J connectivity index is 1.74. The Bertz CT molecular complexity index is 730. The summed E-state index contributed by atoms with van der Waals surface area (Å²) in [6, 6.07) is 8.10. The van der Waals surface area contributed by atoms with Crippen LogP contribution in [0.15, 0.2) is 36.7 Å². The molecule has 2 atom stereocenters. The molecule has 5 nitrogen and oxygen atoms in total. The summed E-state index contributed by atoms with van der Waals surface area (Å²) in [6.45, 7) is 6.17. The van der Waals surface area contributed by atoms with Gasteiger partial charge in [-0.05, 0) is 24.5 Å². The van der Waals surface area contributed by atoms with Crippen molar-refractivity contribution in [1.82, 2.24) is 14.9 Å². The number of hydrogen-bond donors (Lipinski definition) is 1. The summed E-state index contributed by atoms with van der Waals surface area (Å²) in [5.74, 6) is -0.195. The highest BCUT2D eigenvalue weighted by atomic mass is 16.4. The lowest BCUT2D eigenvalue weighted by Gasteiger charge is -2.18. The number of benzene rings is 1. The van der Waals surface area contributed by atoms with Crippen molar-refractivity contribution in [2.75, 3.05) is 13.1 Å². The summed E-state index contributed by atoms with van der Waals surface area (Å²) >= 11 is 0. The van der Waals surface area contributed by atoms with Crippen LogP contribution in [0.3, 0.4) is 0 Å². The van der Waals surface area contributed by atoms with Gasteiger partial charge in [0.15, 0.2) is 0 Å². The molecular weight excluding hydrogens is 314 g/mol. The molecule has 1 aliphatic heterocycles. The number of aliphatic carboxylic acids is 1. The maximum atomic E-state index is 11.8. The number of carboxylic acid groups (broad SMARTS) is 1. The molecule has 0 radical (unpaired) electrons. The van der Waals surface area contributed by atoms with Crippen LogP contribution in [-0.4, -0.2) is 39.0 Å². The van der Waals surface area contributed by atoms with E-state index in [2.05, 4.69) is 40.8 Å². The Hall–Kier alpha value is -2.27. The molecule has 0 spiro atoms. The second kappa shape index (κ2) is 7.74. The van der Waals surface area contributed by atoms with Crippen LogP contribution in [0.4, 0.5) is 0 Å². The molecule has 3 rings (SSSR count). The predicted molar refractivity (Wildman–Crippen MR) is 96.3 cm³/mol. The van der Waals surface area contributed by atoms with Gasteiger partial charge < -0.3 is 5.11 Å². The molecular formula is C20H25N3O2. The lowest BCUT2D eigenvalue weighted by Crippen LogP contribution is -2.23. The number of hydrogen-bond acceptors (Lipinski definition) is 4. The highest BCUT2D eigenvalue weighted by molar-refractivity contribution is 5.72. The zero-order valence-electron chi connectivity index (χ0n) is 14.9. The molecule has 1 aromatic heterocycles. The number of rotatable bonds is 6. The minimum absolute atomic E-state index is 0.0268. The Morgan fingerprint density at radius 1 is 1.24 bits per heavy atom. The molecule has 1 aromatic carbocycles. The third-order valence-electron chi connectivity index (χ3n) is 4.94. The maximum Gasteiger partial charge on any atom is 0.308 e. The van der Waals surface area contributed by atoms with E-state index in [9.17, 15) is 9.90 Å². The Morgan fingerprint density at radius 3 is 2.60 bits per heavy atom. The molecule has 1 saturated heterocycles. The summed E-state index contributed by atoms with van der Waals surface area (Å²) < 4.78 is 0. The molecule has 5 heteroatoms. The maximum absolute atomic E-state index is 11.8. The molecule has 25 heavy (non-hydrogen) atoms. The van der Waals surface area contributed by atoms with Crippen LogP contribution >= 0.6 is 0 Å². The Labute approximate surface area is 148 Å². The lowest BCUT2D eigenvalue weighted by molar-refractivity contribution is -0.141. The third-order valence-corrected chi connectivity index (χ3v) is 4.94. The van der Waals surface area contributed by atoms with Gasteiger partial charge in [0.2, 0.25) is 0 Å². The topological polar surface area (TPSA) is 66.3 Å². The van der Waals surface area contributed by atoms with Gasteiger partial charge in [-0.25, -0.2) is 9.97 Å². The zero-order chi connectivity index (χ0) is 17.8. The Morgan fingerprint density at radius 2 is 1.96 bits per heavy atom. The van der Waals surface area contributed by atoms with E-state index in [0.717, 1.165) is 41.9 Å². The van der Waals surface area contributed by atoms with Gasteiger partial charge in [-0.1, -0.05) is 31.2 Å². The van der Waals surface area contributed by atoms with Gasteiger partial charge in [0, 0.05) is 49.9 Å². The van der Waals surface area contributed by atoms with Crippen molar-refractivity contribution in [1.29, 1.82) is 0 Å². The minimum Gasteiger partial charge on any atom is -0.481 e. The van der Waals surface area contributed by atoms with E-state index in [-0.39, 0.29) is 11.8 Å². The molecule has 1 N–H and O–H groups in total. The van der Waals surface area contributed by atoms with Crippen LogP contribution in [0.5, 0.6) is 0 Å². The van der Waals surface area contributed by atoms with Gasteiger partial charge in [0.25, 0.3) is 0 Å². The molecule has 0 aliphatic carbocycles. The quantitative estimate of drug-likeness (QED) is 0.876. The van der Waals surface area contributed by atoms with Crippen LogP contribution in [0, 0.1) is 12.8 Å². The fourth-order valence-electron chi connectivity index (χ4n) is 3.66. The number of aryl methyl sites for hydroxylation is 2. The highest BCUT2D eigenvalue weighted by Gasteiger charge is 2.38. The van der Waals surface area contributed by atoms with Crippen LogP contribution in [0.25, 0.3) is 0 Å². The molecule has 0 unspecified atom stereocenters. The summed E-state index contributed by atoms with van der Waals surface area (Å²) in [7, 11) is 0. The molecule has 0 amide bonds. The first-order chi connectivity index (χ1) is 12.1. The second-order valence-corrected chi connectivity index (χ2v) is 6.86. The smallest absolute Gasteiger partial charge is 0.308 e. The van der Waals surface area contributed by atoms with E-state index in [4.69, 9.17) is 0 Å². The van der Waals surface area contributed by atoms with Crippen molar-refractivity contribution in [3.05, 3.63) is 59.2 Å². The van der Waals surface area contributed by atoms with Crippen molar-refractivity contribution >= 4 is 5.97 Å².